The van der Waals surface area contributed by atoms with E-state index in [0.29, 0.717) is 20.5 Å². The summed E-state index contributed by atoms with van der Waals surface area (Å²) in [6.45, 7) is 0.259. The van der Waals surface area contributed by atoms with Crippen LogP contribution in [0.25, 0.3) is 0 Å². The summed E-state index contributed by atoms with van der Waals surface area (Å²) in [5.74, 6) is 0. The molecule has 0 fully saturated rings. The summed E-state index contributed by atoms with van der Waals surface area (Å²) < 4.78 is 0.984. The van der Waals surface area contributed by atoms with Gasteiger partial charge in [0.2, 0.25) is 0 Å². The minimum Gasteiger partial charge on any atom is -0.691 e. The van der Waals surface area contributed by atoms with E-state index in [9.17, 15) is 5.21 Å². The molecule has 0 bridgehead atoms. The monoisotopic (exact) mass is 251 g/mol. The number of rotatable bonds is 0. The first-order valence-electron chi connectivity index (χ1n) is 3.68. The van der Waals surface area contributed by atoms with Crippen LogP contribution in [-0.2, 0) is 6.54 Å². The van der Waals surface area contributed by atoms with Gasteiger partial charge in [-0.1, -0.05) is 27.7 Å². The second-order valence-electron chi connectivity index (χ2n) is 2.71. The van der Waals surface area contributed by atoms with Crippen molar-refractivity contribution < 1.29 is 4.86 Å². The highest BCUT2D eigenvalue weighted by Gasteiger charge is 2.25. The molecule has 1 aromatic carbocycles. The molecule has 0 saturated carbocycles. The summed E-state index contributed by atoms with van der Waals surface area (Å²) in [4.78, 5) is 0.361. The predicted molar refractivity (Wildman–Crippen MR) is 53.6 cm³/mol. The van der Waals surface area contributed by atoms with Gasteiger partial charge in [-0.2, -0.15) is 0 Å². The number of hydrogen-bond acceptors (Lipinski definition) is 3. The number of nitrogens with zero attached hydrogens (tertiary/aromatic N) is 3. The highest BCUT2D eigenvalue weighted by Crippen LogP contribution is 2.37. The smallest absolute Gasteiger partial charge is 0.181 e. The Kier molecular flexibility index (Phi) is 2.43. The van der Waals surface area contributed by atoms with Crippen molar-refractivity contribution in [1.82, 2.24) is 4.53 Å². The Labute approximate surface area is 94.9 Å². The Morgan fingerprint density at radius 1 is 1.36 bits per heavy atom. The van der Waals surface area contributed by atoms with Crippen molar-refractivity contribution in [2.24, 2.45) is 5.22 Å². The molecule has 0 aliphatic carbocycles. The van der Waals surface area contributed by atoms with E-state index in [1.807, 2.05) is 0 Å². The molecule has 1 heterocycles. The van der Waals surface area contributed by atoms with Crippen LogP contribution < -0.4 is 0 Å². The van der Waals surface area contributed by atoms with Crippen LogP contribution in [0.2, 0.25) is 10.0 Å². The van der Waals surface area contributed by atoms with E-state index in [-0.39, 0.29) is 12.2 Å². The molecule has 2 rings (SSSR count). The van der Waals surface area contributed by atoms with Gasteiger partial charge in [0.1, 0.15) is 5.22 Å². The summed E-state index contributed by atoms with van der Waals surface area (Å²) in [6.07, 6.45) is 0. The van der Waals surface area contributed by atoms with Gasteiger partial charge in [-0.05, 0) is 12.1 Å². The molecule has 0 unspecified atom stereocenters. The summed E-state index contributed by atoms with van der Waals surface area (Å²) >= 11 is 17.3. The minimum atomic E-state index is 0.259. The second kappa shape index (κ2) is 3.46. The zero-order valence-electron chi connectivity index (χ0n) is 6.75. The molecular formula is C7H4Cl3N3O. The van der Waals surface area contributed by atoms with E-state index >= 15 is 0 Å². The molecule has 1 aromatic rings. The molecule has 0 aromatic heterocycles. The SMILES string of the molecule is [O-][N+]1=NN(Cl)Cc2c(Cl)ccc(Cl)c21. The van der Waals surface area contributed by atoms with Crippen LogP contribution >= 0.6 is 35.0 Å². The lowest BCUT2D eigenvalue weighted by atomic mass is 10.1. The van der Waals surface area contributed by atoms with Gasteiger partial charge in [-0.3, -0.25) is 0 Å². The quantitative estimate of drug-likeness (QED) is 0.403. The third-order valence-corrected chi connectivity index (χ3v) is 2.68. The van der Waals surface area contributed by atoms with Crippen molar-refractivity contribution in [3.8, 4) is 0 Å². The highest BCUT2D eigenvalue weighted by atomic mass is 35.5. The van der Waals surface area contributed by atoms with Gasteiger partial charge in [0, 0.05) is 0 Å². The fraction of sp³-hybridized carbons (Fsp3) is 0.143. The Bertz CT molecular complexity index is 421. The summed E-state index contributed by atoms with van der Waals surface area (Å²) in [6, 6.07) is 3.17. The van der Waals surface area contributed by atoms with Crippen molar-refractivity contribution in [2.45, 2.75) is 6.54 Å². The van der Waals surface area contributed by atoms with Gasteiger partial charge in [-0.15, -0.1) is 4.86 Å². The van der Waals surface area contributed by atoms with Gasteiger partial charge < -0.3 is 5.21 Å². The zero-order valence-corrected chi connectivity index (χ0v) is 9.01. The molecule has 0 radical (unpaired) electrons. The molecule has 0 atom stereocenters. The molecule has 0 amide bonds. The molecule has 0 saturated heterocycles. The molecule has 1 aliphatic rings. The van der Waals surface area contributed by atoms with Crippen molar-refractivity contribution >= 4 is 40.7 Å². The summed E-state index contributed by atoms with van der Waals surface area (Å²) in [5.41, 5.74) is 0.843. The highest BCUT2D eigenvalue weighted by molar-refractivity contribution is 6.35. The van der Waals surface area contributed by atoms with Crippen LogP contribution in [-0.4, -0.2) is 9.39 Å². The van der Waals surface area contributed by atoms with Gasteiger partial charge >= 0.3 is 0 Å². The number of benzene rings is 1. The first kappa shape index (κ1) is 9.83. The molecule has 1 aliphatic heterocycles. The van der Waals surface area contributed by atoms with E-state index in [1.165, 1.54) is 0 Å². The standard InChI is InChI=1S/C7H4Cl3N3O/c8-5-1-2-6(9)7-4(5)3-12(10)11-13(7)14/h1-2H,3H2. The molecule has 0 spiro atoms. The maximum atomic E-state index is 11.3. The van der Waals surface area contributed by atoms with Crippen molar-refractivity contribution in [1.29, 1.82) is 0 Å². The average molecular weight is 252 g/mol. The Balaban J connectivity index is 2.67. The maximum absolute atomic E-state index is 11.3. The molecule has 74 valence electrons. The Morgan fingerprint density at radius 2 is 2.00 bits per heavy atom. The fourth-order valence-electron chi connectivity index (χ4n) is 1.24. The molecule has 14 heavy (non-hydrogen) atoms. The largest absolute Gasteiger partial charge is 0.691 e. The van der Waals surface area contributed by atoms with Crippen LogP contribution in [0.3, 0.4) is 0 Å². The van der Waals surface area contributed by atoms with Crippen LogP contribution in [0.4, 0.5) is 5.69 Å². The molecule has 7 heteroatoms. The van der Waals surface area contributed by atoms with Gasteiger partial charge in [-0.25, -0.2) is 0 Å². The molecule has 0 N–H and O–H groups in total. The normalized spacial score (nSPS) is 15.1. The van der Waals surface area contributed by atoms with Crippen LogP contribution in [0.1, 0.15) is 5.56 Å². The lowest BCUT2D eigenvalue weighted by Crippen LogP contribution is -2.15. The zero-order chi connectivity index (χ0) is 10.3. The van der Waals surface area contributed by atoms with Crippen LogP contribution in [0, 0.1) is 5.21 Å². The van der Waals surface area contributed by atoms with Gasteiger partial charge in [0.25, 0.3) is 0 Å². The van der Waals surface area contributed by atoms with E-state index in [4.69, 9.17) is 35.0 Å². The summed E-state index contributed by atoms with van der Waals surface area (Å²) in [7, 11) is 0. The van der Waals surface area contributed by atoms with E-state index in [1.54, 1.807) is 12.1 Å². The van der Waals surface area contributed by atoms with E-state index in [2.05, 4.69) is 5.22 Å². The second-order valence-corrected chi connectivity index (χ2v) is 3.92. The van der Waals surface area contributed by atoms with E-state index in [0.717, 1.165) is 4.53 Å². The fourth-order valence-corrected chi connectivity index (χ4v) is 1.88. The topological polar surface area (TPSA) is 41.7 Å². The predicted octanol–water partition coefficient (Wildman–Crippen LogP) is 3.47. The van der Waals surface area contributed by atoms with Crippen LogP contribution in [0.5, 0.6) is 0 Å². The summed E-state index contributed by atoms with van der Waals surface area (Å²) in [5, 5.41) is 15.6. The van der Waals surface area contributed by atoms with Crippen LogP contribution in [0.15, 0.2) is 17.4 Å². The van der Waals surface area contributed by atoms with Crippen molar-refractivity contribution in [3.05, 3.63) is 32.9 Å². The Hall–Kier alpha value is -0.710. The molecular weight excluding hydrogens is 248 g/mol. The lowest BCUT2D eigenvalue weighted by molar-refractivity contribution is -0.463. The molecule has 4 nitrogen and oxygen atoms in total. The average Bonchev–Trinajstić information content (AvgIpc) is 2.10. The number of fused-ring (bicyclic) bond motifs is 1. The van der Waals surface area contributed by atoms with Crippen molar-refractivity contribution in [3.63, 3.8) is 0 Å². The number of hydrogen-bond donors (Lipinski definition) is 0. The van der Waals surface area contributed by atoms with Crippen molar-refractivity contribution in [2.75, 3.05) is 0 Å². The first-order valence-corrected chi connectivity index (χ1v) is 4.78. The third-order valence-electron chi connectivity index (χ3n) is 1.83. The Morgan fingerprint density at radius 3 is 2.71 bits per heavy atom. The minimum absolute atomic E-state index is 0.259. The maximum Gasteiger partial charge on any atom is 0.181 e. The third kappa shape index (κ3) is 1.49. The van der Waals surface area contributed by atoms with Gasteiger partial charge in [0.15, 0.2) is 24.0 Å². The first-order chi connectivity index (χ1) is 6.59. The van der Waals surface area contributed by atoms with E-state index < -0.39 is 0 Å². The number of halogens is 3. The lowest BCUT2D eigenvalue weighted by Gasteiger charge is -2.18. The van der Waals surface area contributed by atoms with Gasteiger partial charge in [0.05, 0.1) is 15.6 Å².